The lowest BCUT2D eigenvalue weighted by atomic mass is 10.2. The predicted octanol–water partition coefficient (Wildman–Crippen LogP) is 1.19. The fraction of sp³-hybridized carbons (Fsp3) is 0.875. The molecule has 0 radical (unpaired) electrons. The standard InChI is InChI=1S/C7H15NO8P2.CH4/c9-6(10)8-5-3-1-2-4-7(8,17(11,12)13)18(14,15)16;/h1-5H2,(H,9,10)(H2,11,12,13)(H2,14,15,16);1H4. The van der Waals surface area contributed by atoms with Crippen LogP contribution in [0.4, 0.5) is 4.79 Å². The minimum atomic E-state index is -5.35. The molecule has 1 fully saturated rings. The molecule has 19 heavy (non-hydrogen) atoms. The summed E-state index contributed by atoms with van der Waals surface area (Å²) in [6.07, 6.45) is -1.42. The van der Waals surface area contributed by atoms with Gasteiger partial charge in [0.1, 0.15) is 0 Å². The Balaban J connectivity index is 0.00000324. The Morgan fingerprint density at radius 3 is 1.84 bits per heavy atom. The van der Waals surface area contributed by atoms with Crippen molar-refractivity contribution in [1.29, 1.82) is 0 Å². The molecule has 11 heteroatoms. The van der Waals surface area contributed by atoms with Crippen molar-refractivity contribution in [3.63, 3.8) is 0 Å². The molecule has 0 aromatic carbocycles. The number of rotatable bonds is 2. The summed E-state index contributed by atoms with van der Waals surface area (Å²) in [5, 5.41) is 6.01. The van der Waals surface area contributed by atoms with Crippen molar-refractivity contribution in [3.05, 3.63) is 0 Å². The number of amides is 1. The van der Waals surface area contributed by atoms with Crippen molar-refractivity contribution < 1.29 is 38.6 Å². The first-order chi connectivity index (χ1) is 8.04. The van der Waals surface area contributed by atoms with Crippen LogP contribution >= 0.6 is 15.2 Å². The highest BCUT2D eigenvalue weighted by molar-refractivity contribution is 7.72. The van der Waals surface area contributed by atoms with E-state index in [-0.39, 0.29) is 25.3 Å². The molecule has 0 spiro atoms. The van der Waals surface area contributed by atoms with Crippen LogP contribution in [-0.2, 0) is 9.13 Å². The number of nitrogens with zero attached hydrogens (tertiary/aromatic N) is 1. The quantitative estimate of drug-likeness (QED) is 0.475. The molecule has 0 aromatic rings. The maximum absolute atomic E-state index is 11.5. The normalized spacial score (nSPS) is 20.3. The van der Waals surface area contributed by atoms with E-state index in [2.05, 4.69) is 0 Å². The zero-order valence-electron chi connectivity index (χ0n) is 9.34. The van der Waals surface area contributed by atoms with Gasteiger partial charge < -0.3 is 24.7 Å². The maximum atomic E-state index is 11.5. The second-order valence-corrected chi connectivity index (χ2v) is 8.12. The second-order valence-electron chi connectivity index (χ2n) is 4.11. The van der Waals surface area contributed by atoms with Gasteiger partial charge in [0, 0.05) is 6.54 Å². The molecule has 0 saturated carbocycles. The van der Waals surface area contributed by atoms with Gasteiger partial charge in [0.15, 0.2) is 0 Å². The van der Waals surface area contributed by atoms with E-state index in [0.29, 0.717) is 12.8 Å². The van der Waals surface area contributed by atoms with Crippen molar-refractivity contribution in [1.82, 2.24) is 4.90 Å². The number of carboxylic acid groups (broad SMARTS) is 1. The lowest BCUT2D eigenvalue weighted by Crippen LogP contribution is -2.50. The zero-order valence-corrected chi connectivity index (χ0v) is 11.1. The van der Waals surface area contributed by atoms with Crippen molar-refractivity contribution >= 4 is 21.3 Å². The van der Waals surface area contributed by atoms with Crippen LogP contribution in [-0.4, -0.2) is 47.2 Å². The number of hydrogen-bond acceptors (Lipinski definition) is 3. The minimum absolute atomic E-state index is 0. The first-order valence-corrected chi connectivity index (χ1v) is 8.38. The van der Waals surface area contributed by atoms with Gasteiger partial charge >= 0.3 is 21.3 Å². The fourth-order valence-corrected chi connectivity index (χ4v) is 5.40. The molecular formula is C8H19NO8P2. The number of carbonyl (C=O) groups is 1. The van der Waals surface area contributed by atoms with E-state index in [0.717, 1.165) is 0 Å². The van der Waals surface area contributed by atoms with Crippen molar-refractivity contribution in [3.8, 4) is 0 Å². The summed E-state index contributed by atoms with van der Waals surface area (Å²) in [5.41, 5.74) is 0. The van der Waals surface area contributed by atoms with Gasteiger partial charge in [-0.2, -0.15) is 0 Å². The molecule has 1 aliphatic rings. The largest absolute Gasteiger partial charge is 0.465 e. The van der Waals surface area contributed by atoms with E-state index in [1.807, 2.05) is 0 Å². The highest BCUT2D eigenvalue weighted by atomic mass is 31.2. The zero-order chi connectivity index (χ0) is 14.2. The molecule has 0 bridgehead atoms. The van der Waals surface area contributed by atoms with Crippen molar-refractivity contribution in [2.45, 2.75) is 38.1 Å². The van der Waals surface area contributed by atoms with Crippen LogP contribution in [0.1, 0.15) is 33.1 Å². The minimum Gasteiger partial charge on any atom is -0.465 e. The van der Waals surface area contributed by atoms with Crippen LogP contribution in [0.3, 0.4) is 0 Å². The molecule has 1 rings (SSSR count). The smallest absolute Gasteiger partial charge is 0.408 e. The van der Waals surface area contributed by atoms with Crippen molar-refractivity contribution in [2.75, 3.05) is 6.54 Å². The Morgan fingerprint density at radius 2 is 1.47 bits per heavy atom. The van der Waals surface area contributed by atoms with Gasteiger partial charge in [0.25, 0.3) is 0 Å². The van der Waals surface area contributed by atoms with E-state index in [1.165, 1.54) is 0 Å². The molecule has 0 atom stereocenters. The summed E-state index contributed by atoms with van der Waals surface area (Å²) < 4.78 is 23.0. The average molecular weight is 319 g/mol. The average Bonchev–Trinajstić information content (AvgIpc) is 2.36. The monoisotopic (exact) mass is 319 g/mol. The Bertz CT molecular complexity index is 404. The van der Waals surface area contributed by atoms with Crippen LogP contribution in [0.25, 0.3) is 0 Å². The molecule has 1 saturated heterocycles. The van der Waals surface area contributed by atoms with Gasteiger partial charge in [0.2, 0.25) is 5.02 Å². The van der Waals surface area contributed by atoms with Crippen LogP contribution in [0.5, 0.6) is 0 Å². The summed E-state index contributed by atoms with van der Waals surface area (Å²) in [6.45, 7) is -0.314. The third kappa shape index (κ3) is 3.18. The molecule has 1 aliphatic heterocycles. The first kappa shape index (κ1) is 18.6. The van der Waals surface area contributed by atoms with Gasteiger partial charge in [-0.15, -0.1) is 0 Å². The Labute approximate surface area is 110 Å². The molecule has 9 nitrogen and oxygen atoms in total. The molecule has 0 aliphatic carbocycles. The Morgan fingerprint density at radius 1 is 1.00 bits per heavy atom. The van der Waals surface area contributed by atoms with E-state index < -0.39 is 32.7 Å². The highest BCUT2D eigenvalue weighted by Crippen LogP contribution is 2.72. The van der Waals surface area contributed by atoms with E-state index in [1.54, 1.807) is 0 Å². The Kier molecular flexibility index (Phi) is 5.78. The number of hydrogen-bond donors (Lipinski definition) is 5. The van der Waals surface area contributed by atoms with Crippen LogP contribution in [0, 0.1) is 0 Å². The van der Waals surface area contributed by atoms with Gasteiger partial charge in [-0.05, 0) is 19.3 Å². The van der Waals surface area contributed by atoms with Crippen LogP contribution < -0.4 is 0 Å². The third-order valence-electron chi connectivity index (χ3n) is 2.99. The third-order valence-corrected chi connectivity index (χ3v) is 7.35. The molecule has 114 valence electrons. The van der Waals surface area contributed by atoms with Gasteiger partial charge in [-0.25, -0.2) is 4.79 Å². The molecule has 0 unspecified atom stereocenters. The second kappa shape index (κ2) is 5.91. The molecule has 1 amide bonds. The van der Waals surface area contributed by atoms with Crippen molar-refractivity contribution in [2.24, 2.45) is 0 Å². The van der Waals surface area contributed by atoms with Crippen LogP contribution in [0.2, 0.25) is 0 Å². The summed E-state index contributed by atoms with van der Waals surface area (Å²) in [6, 6.07) is 0. The summed E-state index contributed by atoms with van der Waals surface area (Å²) in [4.78, 5) is 48.4. The van der Waals surface area contributed by atoms with Crippen LogP contribution in [0.15, 0.2) is 0 Å². The maximum Gasteiger partial charge on any atom is 0.408 e. The SMILES string of the molecule is C.O=C(O)N1CCCCCC1(P(=O)(O)O)P(=O)(O)O. The number of likely N-dealkylation sites (tertiary alicyclic amines) is 1. The predicted molar refractivity (Wildman–Crippen MR) is 66.7 cm³/mol. The topological polar surface area (TPSA) is 156 Å². The first-order valence-electron chi connectivity index (χ1n) is 5.16. The van der Waals surface area contributed by atoms with E-state index >= 15 is 0 Å². The highest BCUT2D eigenvalue weighted by Gasteiger charge is 2.65. The lowest BCUT2D eigenvalue weighted by Gasteiger charge is -2.40. The summed E-state index contributed by atoms with van der Waals surface area (Å²) in [7, 11) is -10.7. The van der Waals surface area contributed by atoms with E-state index in [9.17, 15) is 33.5 Å². The molecule has 0 aromatic heterocycles. The summed E-state index contributed by atoms with van der Waals surface area (Å²) in [5.74, 6) is 0. The lowest BCUT2D eigenvalue weighted by molar-refractivity contribution is 0.113. The van der Waals surface area contributed by atoms with E-state index in [4.69, 9.17) is 5.11 Å². The molecule has 5 N–H and O–H groups in total. The Hall–Kier alpha value is -0.430. The summed E-state index contributed by atoms with van der Waals surface area (Å²) >= 11 is 0. The molecular weight excluding hydrogens is 300 g/mol. The van der Waals surface area contributed by atoms with Gasteiger partial charge in [-0.3, -0.25) is 14.0 Å². The van der Waals surface area contributed by atoms with Gasteiger partial charge in [-0.1, -0.05) is 13.8 Å². The fourth-order valence-electron chi connectivity index (χ4n) is 2.15. The molecule has 1 heterocycles. The van der Waals surface area contributed by atoms with Gasteiger partial charge in [0.05, 0.1) is 0 Å².